The standard InChI is InChI=1S/C35H35NO8/c1-43-35(42)36-33(40)27-19-25(21-44-26-13-6-3-7-14-26)31(28(20-37)32(27)34(36)41)30(39)17-16-23(22-10-4-2-5-11-22)18-24-12-8-9-15-29(24)38/h2-15,18,27-28,30,32,37-39H,16-17,19-21H2,1H3/b23-18-/t27-,28+,30-,32-/m1/s1. The Kier molecular flexibility index (Phi) is 9.57. The van der Waals surface area contributed by atoms with Crippen LogP contribution in [0.3, 0.4) is 0 Å². The van der Waals surface area contributed by atoms with Crippen LogP contribution in [0.5, 0.6) is 11.5 Å². The van der Waals surface area contributed by atoms with Crippen molar-refractivity contribution in [3.05, 3.63) is 107 Å². The predicted octanol–water partition coefficient (Wildman–Crippen LogP) is 4.83. The van der Waals surface area contributed by atoms with Gasteiger partial charge in [-0.25, -0.2) is 4.79 Å². The van der Waals surface area contributed by atoms with Crippen molar-refractivity contribution >= 4 is 29.6 Å². The van der Waals surface area contributed by atoms with Gasteiger partial charge in [-0.05, 0) is 65.8 Å². The van der Waals surface area contributed by atoms with Crippen LogP contribution >= 0.6 is 0 Å². The minimum absolute atomic E-state index is 0.0229. The van der Waals surface area contributed by atoms with Gasteiger partial charge in [-0.3, -0.25) is 9.59 Å². The molecule has 0 radical (unpaired) electrons. The Hall–Kier alpha value is -4.73. The van der Waals surface area contributed by atoms with Crippen molar-refractivity contribution in [2.75, 3.05) is 20.3 Å². The largest absolute Gasteiger partial charge is 0.507 e. The third-order valence-electron chi connectivity index (χ3n) is 8.35. The molecule has 2 aliphatic rings. The Labute approximate surface area is 255 Å². The summed E-state index contributed by atoms with van der Waals surface area (Å²) in [6.45, 7) is -0.495. The van der Waals surface area contributed by atoms with Gasteiger partial charge in [0.2, 0.25) is 11.8 Å². The lowest BCUT2D eigenvalue weighted by Gasteiger charge is -2.36. The van der Waals surface area contributed by atoms with Crippen LogP contribution in [0.1, 0.15) is 30.4 Å². The predicted molar refractivity (Wildman–Crippen MR) is 163 cm³/mol. The molecule has 9 heteroatoms. The maximum absolute atomic E-state index is 13.4. The first-order valence-electron chi connectivity index (χ1n) is 14.5. The first kappa shape index (κ1) is 30.7. The van der Waals surface area contributed by atoms with E-state index in [9.17, 15) is 29.7 Å². The highest BCUT2D eigenvalue weighted by molar-refractivity contribution is 6.16. The molecule has 5 rings (SSSR count). The monoisotopic (exact) mass is 597 g/mol. The molecule has 228 valence electrons. The van der Waals surface area contributed by atoms with E-state index in [1.807, 2.05) is 60.7 Å². The molecule has 3 aromatic rings. The third kappa shape index (κ3) is 6.29. The molecule has 1 aliphatic heterocycles. The second kappa shape index (κ2) is 13.7. The Balaban J connectivity index is 1.49. The third-order valence-corrected chi connectivity index (χ3v) is 8.35. The van der Waals surface area contributed by atoms with Crippen LogP contribution < -0.4 is 4.74 Å². The Morgan fingerprint density at radius 1 is 0.977 bits per heavy atom. The Morgan fingerprint density at radius 2 is 1.64 bits per heavy atom. The van der Waals surface area contributed by atoms with E-state index in [1.165, 1.54) is 0 Å². The first-order valence-corrected chi connectivity index (χ1v) is 14.5. The van der Waals surface area contributed by atoms with Gasteiger partial charge in [0.15, 0.2) is 0 Å². The number of para-hydroxylation sites is 2. The number of imide groups is 3. The number of methoxy groups -OCH3 is 1. The molecule has 9 nitrogen and oxygen atoms in total. The first-order chi connectivity index (χ1) is 21.3. The zero-order chi connectivity index (χ0) is 31.2. The van der Waals surface area contributed by atoms with E-state index in [0.29, 0.717) is 33.8 Å². The van der Waals surface area contributed by atoms with Crippen molar-refractivity contribution in [1.29, 1.82) is 0 Å². The maximum atomic E-state index is 13.4. The van der Waals surface area contributed by atoms with Gasteiger partial charge in [0.1, 0.15) is 18.1 Å². The fourth-order valence-corrected chi connectivity index (χ4v) is 6.25. The lowest BCUT2D eigenvalue weighted by molar-refractivity contribution is -0.137. The van der Waals surface area contributed by atoms with E-state index >= 15 is 0 Å². The van der Waals surface area contributed by atoms with Gasteiger partial charge in [0.25, 0.3) is 0 Å². The molecular formula is C35H35NO8. The topological polar surface area (TPSA) is 134 Å². The molecule has 1 heterocycles. The number of aromatic hydroxyl groups is 1. The zero-order valence-electron chi connectivity index (χ0n) is 24.3. The van der Waals surface area contributed by atoms with Gasteiger partial charge in [0.05, 0.1) is 31.7 Å². The number of hydrogen-bond donors (Lipinski definition) is 3. The van der Waals surface area contributed by atoms with Gasteiger partial charge in [-0.1, -0.05) is 66.7 Å². The molecule has 0 unspecified atom stereocenters. The van der Waals surface area contributed by atoms with Crippen LogP contribution in [0.15, 0.2) is 96.1 Å². The van der Waals surface area contributed by atoms with Crippen LogP contribution in [-0.2, 0) is 14.3 Å². The van der Waals surface area contributed by atoms with E-state index in [-0.39, 0.29) is 25.2 Å². The summed E-state index contributed by atoms with van der Waals surface area (Å²) < 4.78 is 10.7. The van der Waals surface area contributed by atoms with Gasteiger partial charge < -0.3 is 24.8 Å². The number of hydrogen-bond acceptors (Lipinski definition) is 8. The molecule has 3 N–H and O–H groups in total. The van der Waals surface area contributed by atoms with Gasteiger partial charge in [-0.2, -0.15) is 4.90 Å². The molecule has 0 spiro atoms. The van der Waals surface area contributed by atoms with Crippen LogP contribution in [0.2, 0.25) is 0 Å². The fraction of sp³-hybridized carbons (Fsp3) is 0.286. The van der Waals surface area contributed by atoms with Crippen molar-refractivity contribution in [3.63, 3.8) is 0 Å². The summed E-state index contributed by atoms with van der Waals surface area (Å²) >= 11 is 0. The quantitative estimate of drug-likeness (QED) is 0.172. The SMILES string of the molecule is COC(=O)N1C(=O)[C@@H]2[C@@H](CC(COc3ccccc3)=C([C@H](O)CC/C(=C/c3ccccc3O)c3ccccc3)[C@@H]2CO)C1=O. The number of rotatable bonds is 10. The molecule has 4 atom stereocenters. The molecular weight excluding hydrogens is 562 g/mol. The van der Waals surface area contributed by atoms with E-state index in [2.05, 4.69) is 0 Å². The number of likely N-dealkylation sites (tertiary alicyclic amines) is 1. The number of amides is 3. The molecule has 1 fully saturated rings. The maximum Gasteiger partial charge on any atom is 0.423 e. The summed E-state index contributed by atoms with van der Waals surface area (Å²) in [7, 11) is 1.09. The van der Waals surface area contributed by atoms with Crippen LogP contribution in [0.25, 0.3) is 11.6 Å². The summed E-state index contributed by atoms with van der Waals surface area (Å²) in [4.78, 5) is 39.5. The number of carbonyl (C=O) groups is 3. The summed E-state index contributed by atoms with van der Waals surface area (Å²) in [5.74, 6) is -3.56. The van der Waals surface area contributed by atoms with Crippen molar-refractivity contribution in [2.24, 2.45) is 17.8 Å². The molecule has 1 aliphatic carbocycles. The number of aliphatic hydroxyl groups is 2. The molecule has 3 amide bonds. The number of ether oxygens (including phenoxy) is 2. The lowest BCUT2D eigenvalue weighted by atomic mass is 9.68. The molecule has 0 saturated carbocycles. The summed E-state index contributed by atoms with van der Waals surface area (Å²) in [5, 5.41) is 32.8. The van der Waals surface area contributed by atoms with Crippen LogP contribution in [-0.4, -0.2) is 64.6 Å². The van der Waals surface area contributed by atoms with Gasteiger partial charge in [0, 0.05) is 11.5 Å². The van der Waals surface area contributed by atoms with E-state index in [4.69, 9.17) is 9.47 Å². The Morgan fingerprint density at radius 3 is 2.30 bits per heavy atom. The van der Waals surface area contributed by atoms with E-state index in [1.54, 1.807) is 30.3 Å². The fourth-order valence-electron chi connectivity index (χ4n) is 6.25. The number of aliphatic hydroxyl groups excluding tert-OH is 2. The second-order valence-corrected chi connectivity index (χ2v) is 10.9. The minimum Gasteiger partial charge on any atom is -0.507 e. The smallest absolute Gasteiger partial charge is 0.423 e. The average Bonchev–Trinajstić information content (AvgIpc) is 3.31. The van der Waals surface area contributed by atoms with Crippen molar-refractivity contribution < 1.29 is 39.2 Å². The summed E-state index contributed by atoms with van der Waals surface area (Å²) in [6.07, 6.45) is 0.390. The number of allylic oxidation sites excluding steroid dienone is 1. The number of phenolic OH excluding ortho intramolecular Hbond substituents is 1. The van der Waals surface area contributed by atoms with Crippen molar-refractivity contribution in [2.45, 2.75) is 25.4 Å². The minimum atomic E-state index is -1.10. The summed E-state index contributed by atoms with van der Waals surface area (Å²) in [6, 6.07) is 25.7. The number of fused-ring (bicyclic) bond motifs is 1. The second-order valence-electron chi connectivity index (χ2n) is 10.9. The number of phenols is 1. The van der Waals surface area contributed by atoms with Gasteiger partial charge >= 0.3 is 6.09 Å². The highest BCUT2D eigenvalue weighted by Crippen LogP contribution is 2.46. The van der Waals surface area contributed by atoms with Crippen LogP contribution in [0, 0.1) is 17.8 Å². The molecule has 1 saturated heterocycles. The molecule has 0 bridgehead atoms. The highest BCUT2D eigenvalue weighted by atomic mass is 16.5. The molecule has 0 aromatic heterocycles. The van der Waals surface area contributed by atoms with Gasteiger partial charge in [-0.15, -0.1) is 0 Å². The summed E-state index contributed by atoms with van der Waals surface area (Å²) in [5.41, 5.74) is 3.45. The van der Waals surface area contributed by atoms with Crippen molar-refractivity contribution in [3.8, 4) is 11.5 Å². The normalized spacial score (nSPS) is 20.8. The number of carbonyl (C=O) groups excluding carboxylic acids is 3. The van der Waals surface area contributed by atoms with E-state index < -0.39 is 48.4 Å². The van der Waals surface area contributed by atoms with Crippen LogP contribution in [0.4, 0.5) is 4.79 Å². The highest BCUT2D eigenvalue weighted by Gasteiger charge is 2.57. The van der Waals surface area contributed by atoms with E-state index in [0.717, 1.165) is 18.2 Å². The zero-order valence-corrected chi connectivity index (χ0v) is 24.3. The average molecular weight is 598 g/mol. The van der Waals surface area contributed by atoms with Crippen molar-refractivity contribution in [1.82, 2.24) is 4.90 Å². The Bertz CT molecular complexity index is 1570. The number of benzene rings is 3. The molecule has 44 heavy (non-hydrogen) atoms. The molecule has 3 aromatic carbocycles. The number of nitrogens with zero attached hydrogens (tertiary/aromatic N) is 1. The lowest BCUT2D eigenvalue weighted by Crippen LogP contribution is -2.40.